The van der Waals surface area contributed by atoms with Crippen molar-refractivity contribution in [2.24, 2.45) is 13.0 Å². The second-order valence-electron chi connectivity index (χ2n) is 7.86. The molecule has 2 heterocycles. The summed E-state index contributed by atoms with van der Waals surface area (Å²) in [6, 6.07) is -0.977. The molecule has 168 valence electrons. The van der Waals surface area contributed by atoms with Gasteiger partial charge in [-0.3, -0.25) is 10.2 Å². The molecule has 0 spiro atoms. The molecule has 1 aliphatic heterocycles. The van der Waals surface area contributed by atoms with Crippen molar-refractivity contribution in [2.75, 3.05) is 0 Å². The SMILES string of the molecule is C[C@@H](CC(F)(F)F)NC(=O)O[C@@H]1CC[C@H](C2CC(NC(=O)c3cnnn3C)NN2)C1. The first-order valence-electron chi connectivity index (χ1n) is 9.81. The highest BCUT2D eigenvalue weighted by Gasteiger charge is 2.38. The molecule has 5 atom stereocenters. The number of nitrogens with zero attached hydrogens (tertiary/aromatic N) is 3. The highest BCUT2D eigenvalue weighted by molar-refractivity contribution is 5.92. The summed E-state index contributed by atoms with van der Waals surface area (Å²) in [7, 11) is 1.63. The Kier molecular flexibility index (Phi) is 6.81. The smallest absolute Gasteiger partial charge is 0.407 e. The molecule has 30 heavy (non-hydrogen) atoms. The molecular formula is C17H26F3N7O3. The molecule has 3 rings (SSSR count). The van der Waals surface area contributed by atoms with E-state index in [4.69, 9.17) is 4.74 Å². The third-order valence-electron chi connectivity index (χ3n) is 5.35. The van der Waals surface area contributed by atoms with Crippen molar-refractivity contribution in [2.45, 2.75) is 69.6 Å². The molecule has 2 aliphatic rings. The van der Waals surface area contributed by atoms with Crippen LogP contribution in [0.4, 0.5) is 18.0 Å². The predicted molar refractivity (Wildman–Crippen MR) is 97.8 cm³/mol. The molecule has 0 aromatic carbocycles. The Balaban J connectivity index is 1.40. The molecule has 0 radical (unpaired) electrons. The number of aromatic nitrogens is 3. The van der Waals surface area contributed by atoms with Gasteiger partial charge in [0.2, 0.25) is 0 Å². The van der Waals surface area contributed by atoms with Crippen molar-refractivity contribution in [3.8, 4) is 0 Å². The van der Waals surface area contributed by atoms with Gasteiger partial charge < -0.3 is 15.4 Å². The lowest BCUT2D eigenvalue weighted by atomic mass is 9.96. The third kappa shape index (κ3) is 6.05. The second kappa shape index (κ2) is 9.16. The van der Waals surface area contributed by atoms with E-state index in [1.54, 1.807) is 7.05 Å². The normalized spacial score (nSPS) is 27.6. The van der Waals surface area contributed by atoms with Crippen molar-refractivity contribution < 1.29 is 27.5 Å². The van der Waals surface area contributed by atoms with Gasteiger partial charge >= 0.3 is 12.3 Å². The summed E-state index contributed by atoms with van der Waals surface area (Å²) in [4.78, 5) is 24.1. The number of aryl methyl sites for hydroxylation is 1. The predicted octanol–water partition coefficient (Wildman–Crippen LogP) is 0.973. The number of nitrogens with one attached hydrogen (secondary N) is 4. The number of hydrazine groups is 1. The number of carbonyl (C=O) groups is 2. The standard InChI is InChI=1S/C17H26F3N7O3/c1-9(7-17(18,19)20)22-16(29)30-11-4-3-10(5-11)12-6-14(25-24-12)23-15(28)13-8-21-26-27(13)2/h8-12,14,24-25H,3-7H2,1-2H3,(H,22,29)(H,23,28)/t9-,10-,11+,12?,14?/m0/s1. The van der Waals surface area contributed by atoms with Gasteiger partial charge in [-0.1, -0.05) is 5.21 Å². The minimum atomic E-state index is -4.34. The zero-order chi connectivity index (χ0) is 21.9. The Morgan fingerprint density at radius 3 is 2.77 bits per heavy atom. The van der Waals surface area contributed by atoms with E-state index in [-0.39, 0.29) is 30.1 Å². The summed E-state index contributed by atoms with van der Waals surface area (Å²) in [5.74, 6) is -0.0806. The fourth-order valence-electron chi connectivity index (χ4n) is 3.94. The topological polar surface area (TPSA) is 122 Å². The second-order valence-corrected chi connectivity index (χ2v) is 7.86. The number of ether oxygens (including phenoxy) is 1. The van der Waals surface area contributed by atoms with Crippen LogP contribution in [0.5, 0.6) is 0 Å². The first-order chi connectivity index (χ1) is 14.1. The Morgan fingerprint density at radius 1 is 1.33 bits per heavy atom. The Hall–Kier alpha value is -2.41. The van der Waals surface area contributed by atoms with E-state index in [9.17, 15) is 22.8 Å². The first-order valence-corrected chi connectivity index (χ1v) is 9.81. The summed E-state index contributed by atoms with van der Waals surface area (Å²) in [6.07, 6.45) is -2.81. The average Bonchev–Trinajstić information content (AvgIpc) is 3.33. The average molecular weight is 433 g/mol. The minimum absolute atomic E-state index is 0.0702. The monoisotopic (exact) mass is 433 g/mol. The summed E-state index contributed by atoms with van der Waals surface area (Å²) in [5.41, 5.74) is 6.55. The fourth-order valence-corrected chi connectivity index (χ4v) is 3.94. The lowest BCUT2D eigenvalue weighted by Gasteiger charge is -2.20. The Bertz CT molecular complexity index is 757. The summed E-state index contributed by atoms with van der Waals surface area (Å²) < 4.78 is 43.7. The number of hydrogen-bond donors (Lipinski definition) is 4. The molecule has 13 heteroatoms. The highest BCUT2D eigenvalue weighted by Crippen LogP contribution is 2.33. The molecule has 1 aromatic rings. The number of alkyl carbamates (subject to hydrolysis) is 1. The van der Waals surface area contributed by atoms with Crippen molar-refractivity contribution in [3.63, 3.8) is 0 Å². The van der Waals surface area contributed by atoms with Crippen molar-refractivity contribution in [1.82, 2.24) is 36.5 Å². The van der Waals surface area contributed by atoms with Crippen molar-refractivity contribution in [1.29, 1.82) is 0 Å². The van der Waals surface area contributed by atoms with Gasteiger partial charge in [-0.2, -0.15) is 13.2 Å². The van der Waals surface area contributed by atoms with E-state index in [0.29, 0.717) is 25.0 Å². The number of halogens is 3. The van der Waals surface area contributed by atoms with Crippen LogP contribution in [-0.2, 0) is 11.8 Å². The largest absolute Gasteiger partial charge is 0.446 e. The quantitative estimate of drug-likeness (QED) is 0.527. The van der Waals surface area contributed by atoms with Crippen molar-refractivity contribution in [3.05, 3.63) is 11.9 Å². The lowest BCUT2D eigenvalue weighted by molar-refractivity contribution is -0.138. The van der Waals surface area contributed by atoms with E-state index < -0.39 is 24.7 Å². The molecule has 1 saturated heterocycles. The van der Waals surface area contributed by atoms with Gasteiger partial charge in [0.15, 0.2) is 0 Å². The highest BCUT2D eigenvalue weighted by atomic mass is 19.4. The van der Waals surface area contributed by atoms with Crippen LogP contribution >= 0.6 is 0 Å². The van der Waals surface area contributed by atoms with Gasteiger partial charge in [0.05, 0.1) is 18.8 Å². The maximum Gasteiger partial charge on any atom is 0.407 e. The zero-order valence-corrected chi connectivity index (χ0v) is 16.7. The van der Waals surface area contributed by atoms with Gasteiger partial charge in [0, 0.05) is 19.1 Å². The molecule has 2 fully saturated rings. The fraction of sp³-hybridized carbons (Fsp3) is 0.765. The maximum absolute atomic E-state index is 12.4. The molecule has 2 unspecified atom stereocenters. The van der Waals surface area contributed by atoms with E-state index in [0.717, 1.165) is 6.42 Å². The third-order valence-corrected chi connectivity index (χ3v) is 5.35. The van der Waals surface area contributed by atoms with Gasteiger partial charge in [0.1, 0.15) is 11.8 Å². The molecule has 0 bridgehead atoms. The van der Waals surface area contributed by atoms with E-state index in [1.165, 1.54) is 17.8 Å². The number of rotatable bonds is 6. The van der Waals surface area contributed by atoms with Gasteiger partial charge in [-0.25, -0.2) is 14.9 Å². The van der Waals surface area contributed by atoms with E-state index in [1.807, 2.05) is 0 Å². The summed E-state index contributed by atoms with van der Waals surface area (Å²) >= 11 is 0. The molecule has 1 saturated carbocycles. The number of carbonyl (C=O) groups excluding carboxylic acids is 2. The van der Waals surface area contributed by atoms with Crippen LogP contribution in [0.2, 0.25) is 0 Å². The number of alkyl halides is 3. The van der Waals surface area contributed by atoms with E-state index in [2.05, 4.69) is 31.8 Å². The van der Waals surface area contributed by atoms with Crippen LogP contribution in [0.25, 0.3) is 0 Å². The molecule has 2 amide bonds. The summed E-state index contributed by atoms with van der Waals surface area (Å²) in [6.45, 7) is 1.29. The Labute approximate surface area is 171 Å². The van der Waals surface area contributed by atoms with Gasteiger partial charge in [-0.15, -0.1) is 5.10 Å². The molecular weight excluding hydrogens is 407 g/mol. The zero-order valence-electron chi connectivity index (χ0n) is 16.7. The molecule has 4 N–H and O–H groups in total. The van der Waals surface area contributed by atoms with Crippen LogP contribution in [0.1, 0.15) is 49.5 Å². The summed E-state index contributed by atoms with van der Waals surface area (Å²) in [5, 5.41) is 12.5. The van der Waals surface area contributed by atoms with Crippen LogP contribution in [-0.4, -0.2) is 57.5 Å². The molecule has 1 aliphatic carbocycles. The lowest BCUT2D eigenvalue weighted by Crippen LogP contribution is -2.45. The number of hydrogen-bond acceptors (Lipinski definition) is 7. The van der Waals surface area contributed by atoms with Gasteiger partial charge in [0.25, 0.3) is 5.91 Å². The van der Waals surface area contributed by atoms with Crippen LogP contribution in [0.3, 0.4) is 0 Å². The first kappa shape index (κ1) is 22.3. The van der Waals surface area contributed by atoms with E-state index >= 15 is 0 Å². The van der Waals surface area contributed by atoms with Gasteiger partial charge in [-0.05, 0) is 38.5 Å². The van der Waals surface area contributed by atoms with Crippen LogP contribution in [0.15, 0.2) is 6.20 Å². The van der Waals surface area contributed by atoms with Crippen LogP contribution < -0.4 is 21.5 Å². The maximum atomic E-state index is 12.4. The molecule has 10 nitrogen and oxygen atoms in total. The van der Waals surface area contributed by atoms with Crippen LogP contribution in [0, 0.1) is 5.92 Å². The Morgan fingerprint density at radius 2 is 2.10 bits per heavy atom. The molecule has 1 aromatic heterocycles. The van der Waals surface area contributed by atoms with Crippen molar-refractivity contribution >= 4 is 12.0 Å². The number of amides is 2. The minimum Gasteiger partial charge on any atom is -0.446 e.